The van der Waals surface area contributed by atoms with Crippen LogP contribution in [0, 0.1) is 0 Å². The highest BCUT2D eigenvalue weighted by molar-refractivity contribution is 7.98. The number of nitrogens with two attached hydrogens (primary N) is 1. The SMILES string of the molecule is CSCCC(N)(C(=O)O)c1ccc(C2CCC2)cc1. The Hall–Kier alpha value is -1.00. The van der Waals surface area contributed by atoms with Gasteiger partial charge in [0, 0.05) is 0 Å². The average molecular weight is 279 g/mol. The van der Waals surface area contributed by atoms with Crippen molar-refractivity contribution >= 4 is 17.7 Å². The molecule has 0 saturated heterocycles. The highest BCUT2D eigenvalue weighted by Gasteiger charge is 2.35. The van der Waals surface area contributed by atoms with Gasteiger partial charge in [-0.05, 0) is 48.3 Å². The normalized spacial score (nSPS) is 18.6. The minimum Gasteiger partial charge on any atom is -0.480 e. The number of thioether (sulfide) groups is 1. The fraction of sp³-hybridized carbons (Fsp3) is 0.533. The number of carbonyl (C=O) groups is 1. The molecule has 1 aromatic carbocycles. The number of carboxylic acids is 1. The van der Waals surface area contributed by atoms with Crippen molar-refractivity contribution in [2.75, 3.05) is 12.0 Å². The first kappa shape index (κ1) is 14.4. The monoisotopic (exact) mass is 279 g/mol. The van der Waals surface area contributed by atoms with E-state index in [4.69, 9.17) is 5.73 Å². The number of hydrogen-bond acceptors (Lipinski definition) is 3. The first-order valence-corrected chi connectivity index (χ1v) is 8.09. The summed E-state index contributed by atoms with van der Waals surface area (Å²) in [5.41, 5.74) is 6.86. The summed E-state index contributed by atoms with van der Waals surface area (Å²) in [6.07, 6.45) is 6.21. The summed E-state index contributed by atoms with van der Waals surface area (Å²) >= 11 is 1.62. The van der Waals surface area contributed by atoms with Crippen molar-refractivity contribution in [2.24, 2.45) is 5.73 Å². The molecular weight excluding hydrogens is 258 g/mol. The molecular formula is C15H21NO2S. The zero-order valence-electron chi connectivity index (χ0n) is 11.3. The molecule has 0 aromatic heterocycles. The van der Waals surface area contributed by atoms with E-state index in [1.165, 1.54) is 24.8 Å². The Labute approximate surface area is 118 Å². The van der Waals surface area contributed by atoms with E-state index in [-0.39, 0.29) is 0 Å². The van der Waals surface area contributed by atoms with E-state index < -0.39 is 11.5 Å². The highest BCUT2D eigenvalue weighted by atomic mass is 32.2. The second-order valence-corrected chi connectivity index (χ2v) is 6.25. The van der Waals surface area contributed by atoms with Crippen molar-refractivity contribution in [2.45, 2.75) is 37.1 Å². The van der Waals surface area contributed by atoms with Crippen molar-refractivity contribution in [1.29, 1.82) is 0 Å². The van der Waals surface area contributed by atoms with E-state index in [2.05, 4.69) is 0 Å². The lowest BCUT2D eigenvalue weighted by atomic mass is 9.79. The zero-order chi connectivity index (χ0) is 13.9. The van der Waals surface area contributed by atoms with Gasteiger partial charge >= 0.3 is 5.97 Å². The zero-order valence-corrected chi connectivity index (χ0v) is 12.1. The first-order chi connectivity index (χ1) is 9.08. The van der Waals surface area contributed by atoms with Crippen LogP contribution < -0.4 is 5.73 Å². The Balaban J connectivity index is 2.19. The molecule has 1 aromatic rings. The van der Waals surface area contributed by atoms with E-state index in [0.29, 0.717) is 17.9 Å². The molecule has 0 radical (unpaired) electrons. The molecule has 1 unspecified atom stereocenters. The molecule has 0 heterocycles. The maximum Gasteiger partial charge on any atom is 0.328 e. The molecule has 0 bridgehead atoms. The lowest BCUT2D eigenvalue weighted by Crippen LogP contribution is -2.45. The van der Waals surface area contributed by atoms with E-state index in [0.717, 1.165) is 5.75 Å². The van der Waals surface area contributed by atoms with Crippen LogP contribution in [-0.4, -0.2) is 23.1 Å². The van der Waals surface area contributed by atoms with Crippen molar-refractivity contribution in [3.63, 3.8) is 0 Å². The van der Waals surface area contributed by atoms with Gasteiger partial charge in [0.05, 0.1) is 0 Å². The number of rotatable bonds is 6. The number of hydrogen-bond donors (Lipinski definition) is 2. The van der Waals surface area contributed by atoms with Gasteiger partial charge in [-0.25, -0.2) is 4.79 Å². The molecule has 0 amide bonds. The minimum absolute atomic E-state index is 0.451. The molecule has 1 fully saturated rings. The van der Waals surface area contributed by atoms with Gasteiger partial charge in [0.25, 0.3) is 0 Å². The van der Waals surface area contributed by atoms with Crippen LogP contribution in [0.5, 0.6) is 0 Å². The predicted molar refractivity (Wildman–Crippen MR) is 79.5 cm³/mol. The van der Waals surface area contributed by atoms with E-state index in [1.54, 1.807) is 11.8 Å². The van der Waals surface area contributed by atoms with Crippen molar-refractivity contribution < 1.29 is 9.90 Å². The molecule has 0 spiro atoms. The second-order valence-electron chi connectivity index (χ2n) is 5.27. The third-order valence-corrected chi connectivity index (χ3v) is 4.70. The summed E-state index contributed by atoms with van der Waals surface area (Å²) in [6.45, 7) is 0. The summed E-state index contributed by atoms with van der Waals surface area (Å²) in [4.78, 5) is 11.5. The Kier molecular flexibility index (Phi) is 4.53. The van der Waals surface area contributed by atoms with Crippen LogP contribution >= 0.6 is 11.8 Å². The van der Waals surface area contributed by atoms with E-state index in [1.807, 2.05) is 30.5 Å². The molecule has 1 aliphatic rings. The molecule has 19 heavy (non-hydrogen) atoms. The third kappa shape index (κ3) is 2.95. The molecule has 1 atom stereocenters. The summed E-state index contributed by atoms with van der Waals surface area (Å²) in [5, 5.41) is 9.41. The minimum atomic E-state index is -1.26. The summed E-state index contributed by atoms with van der Waals surface area (Å²) in [7, 11) is 0. The molecule has 3 N–H and O–H groups in total. The Bertz CT molecular complexity index is 442. The van der Waals surface area contributed by atoms with Crippen LogP contribution in [0.2, 0.25) is 0 Å². The average Bonchev–Trinajstić information content (AvgIpc) is 2.34. The van der Waals surface area contributed by atoms with Gasteiger partial charge in [-0.2, -0.15) is 11.8 Å². The topological polar surface area (TPSA) is 63.3 Å². The van der Waals surface area contributed by atoms with Gasteiger partial charge in [0.2, 0.25) is 0 Å². The molecule has 0 aliphatic heterocycles. The standard InChI is InChI=1S/C15H21NO2S/c1-19-10-9-15(16,14(17)18)13-7-5-12(6-8-13)11-3-2-4-11/h5-8,11H,2-4,9-10,16H2,1H3,(H,17,18). The lowest BCUT2D eigenvalue weighted by molar-refractivity contribution is -0.143. The molecule has 1 aliphatic carbocycles. The van der Waals surface area contributed by atoms with Crippen LogP contribution in [0.1, 0.15) is 42.7 Å². The van der Waals surface area contributed by atoms with Gasteiger partial charge < -0.3 is 10.8 Å². The first-order valence-electron chi connectivity index (χ1n) is 6.69. The Morgan fingerprint density at radius 2 is 2.05 bits per heavy atom. The van der Waals surface area contributed by atoms with Crippen LogP contribution in [-0.2, 0) is 10.3 Å². The fourth-order valence-corrected chi connectivity index (χ4v) is 2.96. The summed E-state index contributed by atoms with van der Waals surface area (Å²) in [6, 6.07) is 7.87. The largest absolute Gasteiger partial charge is 0.480 e. The van der Waals surface area contributed by atoms with E-state index in [9.17, 15) is 9.90 Å². The number of aliphatic carboxylic acids is 1. The molecule has 3 nitrogen and oxygen atoms in total. The van der Waals surface area contributed by atoms with Crippen LogP contribution in [0.15, 0.2) is 24.3 Å². The van der Waals surface area contributed by atoms with Gasteiger partial charge in [0.15, 0.2) is 0 Å². The Morgan fingerprint density at radius 1 is 1.42 bits per heavy atom. The third-order valence-electron chi connectivity index (χ3n) is 4.08. The summed E-state index contributed by atoms with van der Waals surface area (Å²) < 4.78 is 0. The van der Waals surface area contributed by atoms with Crippen LogP contribution in [0.4, 0.5) is 0 Å². The maximum atomic E-state index is 11.5. The molecule has 1 saturated carbocycles. The van der Waals surface area contributed by atoms with E-state index >= 15 is 0 Å². The quantitative estimate of drug-likeness (QED) is 0.840. The van der Waals surface area contributed by atoms with Crippen molar-refractivity contribution in [3.05, 3.63) is 35.4 Å². The van der Waals surface area contributed by atoms with Gasteiger partial charge in [-0.15, -0.1) is 0 Å². The summed E-state index contributed by atoms with van der Waals surface area (Å²) in [5.74, 6) is 0.461. The number of carboxylic acid groups (broad SMARTS) is 1. The van der Waals surface area contributed by atoms with Crippen LogP contribution in [0.3, 0.4) is 0 Å². The predicted octanol–water partition coefficient (Wildman–Crippen LogP) is 2.95. The lowest BCUT2D eigenvalue weighted by Gasteiger charge is -2.28. The smallest absolute Gasteiger partial charge is 0.328 e. The van der Waals surface area contributed by atoms with Crippen molar-refractivity contribution in [3.8, 4) is 0 Å². The molecule has 2 rings (SSSR count). The maximum absolute atomic E-state index is 11.5. The van der Waals surface area contributed by atoms with Gasteiger partial charge in [0.1, 0.15) is 5.54 Å². The van der Waals surface area contributed by atoms with Gasteiger partial charge in [-0.3, -0.25) is 0 Å². The van der Waals surface area contributed by atoms with Gasteiger partial charge in [-0.1, -0.05) is 30.7 Å². The van der Waals surface area contributed by atoms with Crippen molar-refractivity contribution in [1.82, 2.24) is 0 Å². The molecule has 4 heteroatoms. The van der Waals surface area contributed by atoms with Crippen LogP contribution in [0.25, 0.3) is 0 Å². The second kappa shape index (κ2) is 5.97. The highest BCUT2D eigenvalue weighted by Crippen LogP contribution is 2.37. The Morgan fingerprint density at radius 3 is 2.47 bits per heavy atom. The fourth-order valence-electron chi connectivity index (χ4n) is 2.43. The molecule has 104 valence electrons. The number of benzene rings is 1.